The number of hydrogen-bond acceptors (Lipinski definition) is 4. The molecule has 2 aliphatic carbocycles. The number of aryl methyl sites for hydroxylation is 1. The van der Waals surface area contributed by atoms with Crippen LogP contribution >= 0.6 is 0 Å². The van der Waals surface area contributed by atoms with Crippen molar-refractivity contribution in [3.8, 4) is 6.07 Å². The number of aromatic nitrogens is 1. The fraction of sp³-hybridized carbons (Fsp3) is 0.571. The van der Waals surface area contributed by atoms with Gasteiger partial charge in [-0.15, -0.1) is 0 Å². The van der Waals surface area contributed by atoms with Crippen LogP contribution in [-0.2, 0) is 14.3 Å². The van der Waals surface area contributed by atoms with Crippen molar-refractivity contribution in [3.63, 3.8) is 0 Å². The van der Waals surface area contributed by atoms with Crippen LogP contribution in [0.2, 0.25) is 0 Å². The first-order valence-corrected chi connectivity index (χ1v) is 9.76. The number of amides is 1. The summed E-state index contributed by atoms with van der Waals surface area (Å²) in [5, 5.41) is 12.1. The van der Waals surface area contributed by atoms with Crippen molar-refractivity contribution in [2.24, 2.45) is 0 Å². The van der Waals surface area contributed by atoms with Gasteiger partial charge in [-0.25, -0.2) is 4.79 Å². The summed E-state index contributed by atoms with van der Waals surface area (Å²) in [6.07, 6.45) is 9.63. The zero-order valence-electron chi connectivity index (χ0n) is 16.1. The largest absolute Gasteiger partial charge is 0.451 e. The molecule has 2 saturated carbocycles. The molecular weight excluding hydrogens is 342 g/mol. The standard InChI is InChI=1S/C21H27N3O3/c1-14-10-16(15(2)24(14)19-6-4-3-5-7-19)11-17(12-22)21(26)27-13-20(25)23-18-8-9-18/h10-11,18-19H,3-9,13H2,1-2H3,(H,23,25)/b17-11+. The average Bonchev–Trinajstić information content (AvgIpc) is 3.43. The molecule has 0 radical (unpaired) electrons. The van der Waals surface area contributed by atoms with Gasteiger partial charge in [-0.05, 0) is 57.2 Å². The van der Waals surface area contributed by atoms with E-state index in [9.17, 15) is 14.9 Å². The molecule has 0 saturated heterocycles. The second-order valence-electron chi connectivity index (χ2n) is 7.58. The highest BCUT2D eigenvalue weighted by molar-refractivity contribution is 5.99. The minimum atomic E-state index is -0.758. The molecule has 1 heterocycles. The van der Waals surface area contributed by atoms with Crippen molar-refractivity contribution >= 4 is 18.0 Å². The van der Waals surface area contributed by atoms with Crippen LogP contribution in [-0.4, -0.2) is 29.1 Å². The molecule has 1 aromatic heterocycles. The lowest BCUT2D eigenvalue weighted by atomic mass is 9.95. The van der Waals surface area contributed by atoms with Gasteiger partial charge >= 0.3 is 5.97 Å². The SMILES string of the molecule is Cc1cc(/C=C(\C#N)C(=O)OCC(=O)NC2CC2)c(C)n1C1CCCCC1. The van der Waals surface area contributed by atoms with Crippen molar-refractivity contribution in [1.82, 2.24) is 9.88 Å². The van der Waals surface area contributed by atoms with E-state index in [1.165, 1.54) is 32.1 Å². The number of carbonyl (C=O) groups is 2. The fourth-order valence-electron chi connectivity index (χ4n) is 3.85. The second-order valence-corrected chi connectivity index (χ2v) is 7.58. The number of rotatable bonds is 6. The lowest BCUT2D eigenvalue weighted by molar-refractivity contribution is -0.144. The van der Waals surface area contributed by atoms with Gasteiger partial charge in [0.25, 0.3) is 5.91 Å². The Morgan fingerprint density at radius 3 is 2.59 bits per heavy atom. The first-order valence-electron chi connectivity index (χ1n) is 9.76. The minimum Gasteiger partial charge on any atom is -0.451 e. The molecule has 27 heavy (non-hydrogen) atoms. The first kappa shape index (κ1) is 19.2. The second kappa shape index (κ2) is 8.43. The number of nitriles is 1. The van der Waals surface area contributed by atoms with Crippen LogP contribution in [0.4, 0.5) is 0 Å². The molecule has 144 valence electrons. The van der Waals surface area contributed by atoms with Crippen molar-refractivity contribution in [3.05, 3.63) is 28.6 Å². The van der Waals surface area contributed by atoms with Gasteiger partial charge in [0, 0.05) is 23.5 Å². The van der Waals surface area contributed by atoms with E-state index in [4.69, 9.17) is 4.74 Å². The van der Waals surface area contributed by atoms with Gasteiger partial charge < -0.3 is 14.6 Å². The predicted octanol–water partition coefficient (Wildman–Crippen LogP) is 3.34. The highest BCUT2D eigenvalue weighted by atomic mass is 16.5. The Bertz CT molecular complexity index is 790. The van der Waals surface area contributed by atoms with Gasteiger partial charge in [0.05, 0.1) is 0 Å². The van der Waals surface area contributed by atoms with Crippen molar-refractivity contribution < 1.29 is 14.3 Å². The summed E-state index contributed by atoms with van der Waals surface area (Å²) in [4.78, 5) is 23.8. The van der Waals surface area contributed by atoms with Crippen LogP contribution in [0.1, 0.15) is 67.9 Å². The van der Waals surface area contributed by atoms with E-state index >= 15 is 0 Å². The van der Waals surface area contributed by atoms with Crippen LogP contribution < -0.4 is 5.32 Å². The van der Waals surface area contributed by atoms with E-state index in [0.717, 1.165) is 29.8 Å². The molecule has 1 N–H and O–H groups in total. The summed E-state index contributed by atoms with van der Waals surface area (Å²) in [7, 11) is 0. The summed E-state index contributed by atoms with van der Waals surface area (Å²) < 4.78 is 7.33. The monoisotopic (exact) mass is 369 g/mol. The summed E-state index contributed by atoms with van der Waals surface area (Å²) >= 11 is 0. The Hall–Kier alpha value is -2.55. The molecule has 0 atom stereocenters. The number of carbonyl (C=O) groups excluding carboxylic acids is 2. The van der Waals surface area contributed by atoms with Gasteiger partial charge in [0.2, 0.25) is 0 Å². The molecule has 6 nitrogen and oxygen atoms in total. The molecule has 2 fully saturated rings. The summed E-state index contributed by atoms with van der Waals surface area (Å²) in [5.41, 5.74) is 2.97. The third-order valence-electron chi connectivity index (χ3n) is 5.38. The maximum atomic E-state index is 12.2. The highest BCUT2D eigenvalue weighted by Crippen LogP contribution is 2.32. The maximum Gasteiger partial charge on any atom is 0.349 e. The first-order chi connectivity index (χ1) is 13.0. The molecule has 6 heteroatoms. The molecule has 1 aromatic rings. The molecule has 0 bridgehead atoms. The van der Waals surface area contributed by atoms with E-state index in [2.05, 4.69) is 16.8 Å². The molecule has 0 unspecified atom stereocenters. The lowest BCUT2D eigenvalue weighted by Crippen LogP contribution is -2.30. The number of esters is 1. The molecular formula is C21H27N3O3. The van der Waals surface area contributed by atoms with E-state index in [0.29, 0.717) is 6.04 Å². The van der Waals surface area contributed by atoms with Crippen molar-refractivity contribution in [2.75, 3.05) is 6.61 Å². The number of ether oxygens (including phenoxy) is 1. The maximum absolute atomic E-state index is 12.2. The van der Waals surface area contributed by atoms with E-state index in [1.54, 1.807) is 6.08 Å². The molecule has 2 aliphatic rings. The zero-order chi connectivity index (χ0) is 19.4. The average molecular weight is 369 g/mol. The van der Waals surface area contributed by atoms with Crippen LogP contribution in [0.15, 0.2) is 11.6 Å². The smallest absolute Gasteiger partial charge is 0.349 e. The van der Waals surface area contributed by atoms with Gasteiger partial charge in [0.1, 0.15) is 11.6 Å². The summed E-state index contributed by atoms with van der Waals surface area (Å²) in [5.74, 6) is -1.08. The molecule has 1 amide bonds. The topological polar surface area (TPSA) is 84.1 Å². The van der Waals surface area contributed by atoms with Crippen LogP contribution in [0.25, 0.3) is 6.08 Å². The van der Waals surface area contributed by atoms with Gasteiger partial charge in [-0.1, -0.05) is 19.3 Å². The number of hydrogen-bond donors (Lipinski definition) is 1. The fourth-order valence-corrected chi connectivity index (χ4v) is 3.85. The lowest BCUT2D eigenvalue weighted by Gasteiger charge is -2.26. The normalized spacial score (nSPS) is 18.0. The van der Waals surface area contributed by atoms with Gasteiger partial charge in [-0.3, -0.25) is 4.79 Å². The summed E-state index contributed by atoms with van der Waals surface area (Å²) in [6, 6.07) is 4.62. The Balaban J connectivity index is 1.70. The highest BCUT2D eigenvalue weighted by Gasteiger charge is 2.24. The van der Waals surface area contributed by atoms with Crippen molar-refractivity contribution in [2.45, 2.75) is 70.9 Å². The number of nitrogens with zero attached hydrogens (tertiary/aromatic N) is 2. The van der Waals surface area contributed by atoms with Crippen LogP contribution in [0, 0.1) is 25.2 Å². The third kappa shape index (κ3) is 4.79. The quantitative estimate of drug-likeness (QED) is 0.473. The Labute approximate surface area is 160 Å². The molecule has 0 spiro atoms. The van der Waals surface area contributed by atoms with Crippen molar-refractivity contribution in [1.29, 1.82) is 5.26 Å². The van der Waals surface area contributed by atoms with Gasteiger partial charge in [0.15, 0.2) is 6.61 Å². The van der Waals surface area contributed by atoms with Crippen LogP contribution in [0.3, 0.4) is 0 Å². The Kier molecular flexibility index (Phi) is 6.00. The predicted molar refractivity (Wildman–Crippen MR) is 102 cm³/mol. The van der Waals surface area contributed by atoms with E-state index in [-0.39, 0.29) is 24.1 Å². The number of nitrogens with one attached hydrogen (secondary N) is 1. The van der Waals surface area contributed by atoms with E-state index < -0.39 is 5.97 Å². The third-order valence-corrected chi connectivity index (χ3v) is 5.38. The van der Waals surface area contributed by atoms with Crippen LogP contribution in [0.5, 0.6) is 0 Å². The summed E-state index contributed by atoms with van der Waals surface area (Å²) in [6.45, 7) is 3.73. The minimum absolute atomic E-state index is 0.0851. The molecule has 0 aliphatic heterocycles. The van der Waals surface area contributed by atoms with Gasteiger partial charge in [-0.2, -0.15) is 5.26 Å². The van der Waals surface area contributed by atoms with E-state index in [1.807, 2.05) is 19.1 Å². The Morgan fingerprint density at radius 1 is 1.26 bits per heavy atom. The zero-order valence-corrected chi connectivity index (χ0v) is 16.1. The molecule has 3 rings (SSSR count). The molecule has 0 aromatic carbocycles. The Morgan fingerprint density at radius 2 is 1.96 bits per heavy atom.